The van der Waals surface area contributed by atoms with Gasteiger partial charge in [0.05, 0.1) is 0 Å². The van der Waals surface area contributed by atoms with Gasteiger partial charge in [-0.05, 0) is 48.7 Å². The molecule has 150 valence electrons. The van der Waals surface area contributed by atoms with Gasteiger partial charge in [-0.15, -0.1) is 0 Å². The first-order valence-corrected chi connectivity index (χ1v) is 10.1. The molecule has 0 amide bonds. The van der Waals surface area contributed by atoms with Crippen LogP contribution in [0, 0.1) is 0 Å². The highest BCUT2D eigenvalue weighted by molar-refractivity contribution is 5.55. The van der Waals surface area contributed by atoms with Gasteiger partial charge in [0.15, 0.2) is 0 Å². The highest BCUT2D eigenvalue weighted by atomic mass is 16.5. The van der Waals surface area contributed by atoms with Crippen molar-refractivity contribution in [2.24, 2.45) is 0 Å². The van der Waals surface area contributed by atoms with Crippen LogP contribution in [-0.2, 0) is 11.3 Å². The van der Waals surface area contributed by atoms with Crippen molar-refractivity contribution in [3.63, 3.8) is 0 Å². The van der Waals surface area contributed by atoms with Crippen LogP contribution in [0.4, 0.5) is 0 Å². The zero-order chi connectivity index (χ0) is 19.5. The Morgan fingerprint density at radius 3 is 2.66 bits per heavy atom. The van der Waals surface area contributed by atoms with Gasteiger partial charge < -0.3 is 14.0 Å². The van der Waals surface area contributed by atoms with Crippen molar-refractivity contribution in [3.05, 3.63) is 60.2 Å². The number of benzene rings is 1. The lowest BCUT2D eigenvalue weighted by Crippen LogP contribution is -2.53. The van der Waals surface area contributed by atoms with E-state index in [4.69, 9.17) is 14.0 Å². The first-order valence-electron chi connectivity index (χ1n) is 10.1. The minimum atomic E-state index is 0.225. The fraction of sp³-hybridized carbons (Fsp3) is 0.409. The predicted molar refractivity (Wildman–Crippen MR) is 106 cm³/mol. The van der Waals surface area contributed by atoms with Gasteiger partial charge in [0.2, 0.25) is 11.7 Å². The van der Waals surface area contributed by atoms with Crippen LogP contribution in [-0.4, -0.2) is 52.4 Å². The first-order chi connectivity index (χ1) is 14.3. The number of ether oxygens (including phenoxy) is 2. The molecule has 3 aromatic rings. The summed E-state index contributed by atoms with van der Waals surface area (Å²) >= 11 is 0. The molecule has 1 aromatic carbocycles. The first kappa shape index (κ1) is 18.3. The van der Waals surface area contributed by atoms with Gasteiger partial charge in [0.1, 0.15) is 11.9 Å². The largest absolute Gasteiger partial charge is 0.488 e. The molecule has 4 heterocycles. The molecule has 5 rings (SSSR count). The number of hydrogen-bond acceptors (Lipinski definition) is 7. The second-order valence-corrected chi connectivity index (χ2v) is 7.66. The normalized spacial score (nSPS) is 18.5. The maximum absolute atomic E-state index is 6.07. The molecule has 0 atom stereocenters. The molecule has 2 aliphatic heterocycles. The van der Waals surface area contributed by atoms with Gasteiger partial charge in [0, 0.05) is 56.7 Å². The van der Waals surface area contributed by atoms with Crippen molar-refractivity contribution in [1.82, 2.24) is 20.0 Å². The fourth-order valence-electron chi connectivity index (χ4n) is 3.81. The topological polar surface area (TPSA) is 73.5 Å². The van der Waals surface area contributed by atoms with Crippen molar-refractivity contribution < 1.29 is 14.0 Å². The number of nitrogens with zero attached hydrogens (tertiary/aromatic N) is 4. The molecule has 29 heavy (non-hydrogen) atoms. The predicted octanol–water partition coefficient (Wildman–Crippen LogP) is 3.29. The third-order valence-electron chi connectivity index (χ3n) is 5.48. The van der Waals surface area contributed by atoms with E-state index in [0.717, 1.165) is 57.0 Å². The smallest absolute Gasteiger partial charge is 0.230 e. The van der Waals surface area contributed by atoms with Crippen molar-refractivity contribution >= 4 is 0 Å². The van der Waals surface area contributed by atoms with Crippen molar-refractivity contribution in [3.8, 4) is 17.1 Å². The summed E-state index contributed by atoms with van der Waals surface area (Å²) in [5.41, 5.74) is 2.17. The van der Waals surface area contributed by atoms with Crippen molar-refractivity contribution in [1.29, 1.82) is 0 Å². The molecule has 2 fully saturated rings. The van der Waals surface area contributed by atoms with Crippen LogP contribution in [0.5, 0.6) is 5.75 Å². The summed E-state index contributed by atoms with van der Waals surface area (Å²) in [5, 5.41) is 4.15. The van der Waals surface area contributed by atoms with Crippen LogP contribution in [0.2, 0.25) is 0 Å². The van der Waals surface area contributed by atoms with Crippen molar-refractivity contribution in [2.75, 3.05) is 26.3 Å². The lowest BCUT2D eigenvalue weighted by atomic mass is 10.0. The second kappa shape index (κ2) is 8.31. The molecule has 0 N–H and O–H groups in total. The molecule has 0 spiro atoms. The molecule has 2 aromatic heterocycles. The van der Waals surface area contributed by atoms with E-state index in [0.29, 0.717) is 17.6 Å². The van der Waals surface area contributed by atoms with Crippen LogP contribution in [0.15, 0.2) is 53.3 Å². The van der Waals surface area contributed by atoms with E-state index in [1.165, 1.54) is 5.56 Å². The summed E-state index contributed by atoms with van der Waals surface area (Å²) in [6, 6.07) is 12.0. The molecule has 2 aliphatic rings. The lowest BCUT2D eigenvalue weighted by Gasteiger charge is -2.39. The number of aromatic nitrogens is 3. The molecular formula is C22H24N4O3. The molecule has 0 unspecified atom stereocenters. The van der Waals surface area contributed by atoms with Gasteiger partial charge in [-0.3, -0.25) is 9.88 Å². The van der Waals surface area contributed by atoms with Crippen molar-refractivity contribution in [2.45, 2.75) is 31.4 Å². The van der Waals surface area contributed by atoms with Crippen LogP contribution in [0.25, 0.3) is 11.4 Å². The second-order valence-electron chi connectivity index (χ2n) is 7.66. The Kier molecular flexibility index (Phi) is 5.23. The fourth-order valence-corrected chi connectivity index (χ4v) is 3.81. The minimum Gasteiger partial charge on any atom is -0.488 e. The zero-order valence-corrected chi connectivity index (χ0v) is 16.2. The van der Waals surface area contributed by atoms with Gasteiger partial charge >= 0.3 is 0 Å². The Morgan fingerprint density at radius 1 is 1.07 bits per heavy atom. The summed E-state index contributed by atoms with van der Waals surface area (Å²) in [6.45, 7) is 4.29. The summed E-state index contributed by atoms with van der Waals surface area (Å²) in [7, 11) is 0. The highest BCUT2D eigenvalue weighted by Gasteiger charge is 2.28. The van der Waals surface area contributed by atoms with Gasteiger partial charge in [-0.2, -0.15) is 4.98 Å². The zero-order valence-electron chi connectivity index (χ0n) is 16.2. The SMILES string of the molecule is c1cncc(CN2CC(Oc3ccc(-c4noc(C5CCOCC5)n4)cc3)C2)c1. The Bertz CT molecular complexity index is 917. The molecule has 0 saturated carbocycles. The molecule has 0 aliphatic carbocycles. The third kappa shape index (κ3) is 4.31. The summed E-state index contributed by atoms with van der Waals surface area (Å²) in [6.07, 6.45) is 5.82. The lowest BCUT2D eigenvalue weighted by molar-refractivity contribution is 0.0145. The monoisotopic (exact) mass is 392 g/mol. The van der Waals surface area contributed by atoms with E-state index < -0.39 is 0 Å². The average molecular weight is 392 g/mol. The van der Waals surface area contributed by atoms with Gasteiger partial charge in [-0.1, -0.05) is 11.2 Å². The van der Waals surface area contributed by atoms with Crippen LogP contribution >= 0.6 is 0 Å². The Balaban J connectivity index is 1.14. The van der Waals surface area contributed by atoms with Crippen LogP contribution < -0.4 is 4.74 Å². The summed E-state index contributed by atoms with van der Waals surface area (Å²) in [5.74, 6) is 2.52. The Morgan fingerprint density at radius 2 is 1.90 bits per heavy atom. The molecule has 7 heteroatoms. The Hall–Kier alpha value is -2.77. The standard InChI is InChI=1S/C22H24N4O3/c1-2-16(12-23-9-1)13-26-14-20(15-26)28-19-5-3-17(4-6-19)21-24-22(29-25-21)18-7-10-27-11-8-18/h1-6,9,12,18,20H,7-8,10-11,13-15H2. The molecule has 0 radical (unpaired) electrons. The molecule has 0 bridgehead atoms. The maximum Gasteiger partial charge on any atom is 0.230 e. The molecule has 2 saturated heterocycles. The Labute approximate surface area is 169 Å². The van der Waals surface area contributed by atoms with E-state index in [-0.39, 0.29) is 6.10 Å². The minimum absolute atomic E-state index is 0.225. The van der Waals surface area contributed by atoms with Crippen LogP contribution in [0.3, 0.4) is 0 Å². The quantitative estimate of drug-likeness (QED) is 0.637. The third-order valence-corrected chi connectivity index (χ3v) is 5.48. The van der Waals surface area contributed by atoms with E-state index >= 15 is 0 Å². The maximum atomic E-state index is 6.07. The number of hydrogen-bond donors (Lipinski definition) is 0. The highest BCUT2D eigenvalue weighted by Crippen LogP contribution is 2.28. The van der Waals surface area contributed by atoms with E-state index in [1.807, 2.05) is 36.5 Å². The molecule has 7 nitrogen and oxygen atoms in total. The van der Waals surface area contributed by atoms with Gasteiger partial charge in [-0.25, -0.2) is 0 Å². The number of likely N-dealkylation sites (tertiary alicyclic amines) is 1. The molecular weight excluding hydrogens is 368 g/mol. The van der Waals surface area contributed by atoms with Crippen LogP contribution in [0.1, 0.15) is 30.2 Å². The number of pyridine rings is 1. The average Bonchev–Trinajstić information content (AvgIpc) is 3.24. The van der Waals surface area contributed by atoms with E-state index in [9.17, 15) is 0 Å². The van der Waals surface area contributed by atoms with E-state index in [2.05, 4.69) is 26.1 Å². The summed E-state index contributed by atoms with van der Waals surface area (Å²) in [4.78, 5) is 11.1. The van der Waals surface area contributed by atoms with E-state index in [1.54, 1.807) is 6.20 Å². The van der Waals surface area contributed by atoms with Gasteiger partial charge in [0.25, 0.3) is 0 Å². The number of rotatable bonds is 6. The summed E-state index contributed by atoms with van der Waals surface area (Å²) < 4.78 is 17.0.